The number of piperidine rings is 1. The van der Waals surface area contributed by atoms with Crippen LogP contribution < -0.4 is 5.32 Å². The van der Waals surface area contributed by atoms with Gasteiger partial charge in [-0.3, -0.25) is 4.79 Å². The summed E-state index contributed by atoms with van der Waals surface area (Å²) in [5.41, 5.74) is -0.284. The number of carbonyl (C=O) groups excluding carboxylic acids is 1. The topological polar surface area (TPSA) is 52.9 Å². The van der Waals surface area contributed by atoms with Gasteiger partial charge in [-0.2, -0.15) is 5.26 Å². The third-order valence-electron chi connectivity index (χ3n) is 2.51. The number of nitrogens with zero attached hydrogens (tertiary/aromatic N) is 1. The fourth-order valence-electron chi connectivity index (χ4n) is 1.58. The predicted octanol–water partition coefficient (Wildman–Crippen LogP) is 0.859. The quantitative estimate of drug-likeness (QED) is 0.662. The molecule has 0 aromatic carbocycles. The standard InChI is InChI=1S/C9H14N2O/c1-9(8(12)3-5-10)4-2-6-11-7-9/h11H,2-4,6-7H2,1H3. The van der Waals surface area contributed by atoms with Crippen molar-refractivity contribution in [3.63, 3.8) is 0 Å². The highest BCUT2D eigenvalue weighted by Crippen LogP contribution is 2.27. The van der Waals surface area contributed by atoms with E-state index in [0.29, 0.717) is 0 Å². The van der Waals surface area contributed by atoms with Crippen LogP contribution in [0.4, 0.5) is 0 Å². The average Bonchev–Trinajstić information content (AvgIpc) is 2.06. The lowest BCUT2D eigenvalue weighted by Gasteiger charge is -2.31. The van der Waals surface area contributed by atoms with E-state index in [1.54, 1.807) is 0 Å². The number of Topliss-reactive ketones (excluding diaryl/α,β-unsaturated/α-hetero) is 1. The lowest BCUT2D eigenvalue weighted by Crippen LogP contribution is -2.43. The van der Waals surface area contributed by atoms with Crippen LogP contribution in [0.3, 0.4) is 0 Å². The fourth-order valence-corrected chi connectivity index (χ4v) is 1.58. The number of ketones is 1. The second-order valence-corrected chi connectivity index (χ2v) is 3.60. The van der Waals surface area contributed by atoms with E-state index >= 15 is 0 Å². The summed E-state index contributed by atoms with van der Waals surface area (Å²) in [4.78, 5) is 11.5. The molecular weight excluding hydrogens is 152 g/mol. The van der Waals surface area contributed by atoms with Gasteiger partial charge in [-0.25, -0.2) is 0 Å². The molecule has 0 spiro atoms. The van der Waals surface area contributed by atoms with Crippen molar-refractivity contribution < 1.29 is 4.79 Å². The van der Waals surface area contributed by atoms with Crippen LogP contribution in [-0.4, -0.2) is 18.9 Å². The summed E-state index contributed by atoms with van der Waals surface area (Å²) in [6.45, 7) is 3.67. The molecule has 1 aliphatic rings. The normalized spacial score (nSPS) is 29.3. The number of hydrogen-bond donors (Lipinski definition) is 1. The molecule has 1 unspecified atom stereocenters. The summed E-state index contributed by atoms with van der Waals surface area (Å²) in [6, 6.07) is 1.91. The van der Waals surface area contributed by atoms with Crippen LogP contribution in [-0.2, 0) is 4.79 Å². The van der Waals surface area contributed by atoms with E-state index in [1.165, 1.54) is 0 Å². The van der Waals surface area contributed by atoms with E-state index in [4.69, 9.17) is 5.26 Å². The number of nitriles is 1. The van der Waals surface area contributed by atoms with Gasteiger partial charge in [0.05, 0.1) is 12.5 Å². The minimum Gasteiger partial charge on any atom is -0.316 e. The van der Waals surface area contributed by atoms with Gasteiger partial charge < -0.3 is 5.32 Å². The van der Waals surface area contributed by atoms with E-state index in [-0.39, 0.29) is 17.6 Å². The Bertz CT molecular complexity index is 211. The van der Waals surface area contributed by atoms with Crippen LogP contribution in [0.2, 0.25) is 0 Å². The van der Waals surface area contributed by atoms with Crippen molar-refractivity contribution in [3.8, 4) is 6.07 Å². The van der Waals surface area contributed by atoms with Gasteiger partial charge >= 0.3 is 0 Å². The Morgan fingerprint density at radius 3 is 3.00 bits per heavy atom. The van der Waals surface area contributed by atoms with E-state index in [2.05, 4.69) is 5.32 Å². The van der Waals surface area contributed by atoms with Gasteiger partial charge in [-0.15, -0.1) is 0 Å². The fraction of sp³-hybridized carbons (Fsp3) is 0.778. The molecule has 1 heterocycles. The summed E-state index contributed by atoms with van der Waals surface area (Å²) in [6.07, 6.45) is 2.01. The van der Waals surface area contributed by atoms with Crippen LogP contribution >= 0.6 is 0 Å². The molecule has 66 valence electrons. The minimum absolute atomic E-state index is 0.0537. The molecule has 1 aliphatic heterocycles. The van der Waals surface area contributed by atoms with Crippen molar-refractivity contribution in [2.24, 2.45) is 5.41 Å². The molecule has 0 amide bonds. The van der Waals surface area contributed by atoms with Crippen LogP contribution in [0.15, 0.2) is 0 Å². The molecule has 1 fully saturated rings. The molecule has 0 saturated carbocycles. The molecule has 1 atom stereocenters. The summed E-state index contributed by atoms with van der Waals surface area (Å²) < 4.78 is 0. The lowest BCUT2D eigenvalue weighted by molar-refractivity contribution is -0.127. The number of rotatable bonds is 2. The largest absolute Gasteiger partial charge is 0.316 e. The van der Waals surface area contributed by atoms with Crippen molar-refractivity contribution >= 4 is 5.78 Å². The highest BCUT2D eigenvalue weighted by Gasteiger charge is 2.33. The molecule has 0 bridgehead atoms. The summed E-state index contributed by atoms with van der Waals surface area (Å²) in [5.74, 6) is 0.0807. The molecule has 1 rings (SSSR count). The Balaban J connectivity index is 2.57. The molecule has 3 heteroatoms. The van der Waals surface area contributed by atoms with Gasteiger partial charge in [0.2, 0.25) is 0 Å². The third-order valence-corrected chi connectivity index (χ3v) is 2.51. The first-order chi connectivity index (χ1) is 5.69. The molecule has 0 aromatic heterocycles. The predicted molar refractivity (Wildman–Crippen MR) is 45.4 cm³/mol. The van der Waals surface area contributed by atoms with Gasteiger partial charge in [0.15, 0.2) is 5.78 Å². The smallest absolute Gasteiger partial charge is 0.154 e. The van der Waals surface area contributed by atoms with Crippen LogP contribution in [0.5, 0.6) is 0 Å². The molecule has 0 aliphatic carbocycles. The number of nitrogens with one attached hydrogen (secondary N) is 1. The van der Waals surface area contributed by atoms with E-state index in [0.717, 1.165) is 25.9 Å². The Kier molecular flexibility index (Phi) is 2.83. The van der Waals surface area contributed by atoms with Crippen LogP contribution in [0.25, 0.3) is 0 Å². The van der Waals surface area contributed by atoms with E-state index in [1.807, 2.05) is 13.0 Å². The monoisotopic (exact) mass is 166 g/mol. The molecular formula is C9H14N2O. The Morgan fingerprint density at radius 2 is 2.50 bits per heavy atom. The Hall–Kier alpha value is -0.880. The summed E-state index contributed by atoms with van der Waals surface area (Å²) in [5, 5.41) is 11.6. The van der Waals surface area contributed by atoms with Gasteiger partial charge in [0, 0.05) is 12.0 Å². The van der Waals surface area contributed by atoms with Gasteiger partial charge in [-0.05, 0) is 19.4 Å². The van der Waals surface area contributed by atoms with E-state index in [9.17, 15) is 4.79 Å². The van der Waals surface area contributed by atoms with Crippen LogP contribution in [0, 0.1) is 16.7 Å². The van der Waals surface area contributed by atoms with Crippen molar-refractivity contribution in [2.75, 3.05) is 13.1 Å². The highest BCUT2D eigenvalue weighted by atomic mass is 16.1. The van der Waals surface area contributed by atoms with Gasteiger partial charge in [0.25, 0.3) is 0 Å². The molecule has 0 radical (unpaired) electrons. The third kappa shape index (κ3) is 1.83. The minimum atomic E-state index is -0.284. The zero-order valence-corrected chi connectivity index (χ0v) is 7.39. The molecule has 1 saturated heterocycles. The molecule has 0 aromatic rings. The Labute approximate surface area is 72.8 Å². The SMILES string of the molecule is CC1(C(=O)CC#N)CCCNC1. The number of hydrogen-bond acceptors (Lipinski definition) is 3. The van der Waals surface area contributed by atoms with Crippen molar-refractivity contribution in [1.29, 1.82) is 5.26 Å². The van der Waals surface area contributed by atoms with E-state index < -0.39 is 0 Å². The maximum atomic E-state index is 11.5. The first-order valence-corrected chi connectivity index (χ1v) is 4.30. The van der Waals surface area contributed by atoms with Gasteiger partial charge in [0.1, 0.15) is 0 Å². The molecule has 12 heavy (non-hydrogen) atoms. The second-order valence-electron chi connectivity index (χ2n) is 3.60. The first-order valence-electron chi connectivity index (χ1n) is 4.30. The zero-order valence-electron chi connectivity index (χ0n) is 7.39. The van der Waals surface area contributed by atoms with Crippen molar-refractivity contribution in [1.82, 2.24) is 5.32 Å². The highest BCUT2D eigenvalue weighted by molar-refractivity contribution is 5.86. The van der Waals surface area contributed by atoms with Gasteiger partial charge in [-0.1, -0.05) is 6.92 Å². The number of carbonyl (C=O) groups is 1. The lowest BCUT2D eigenvalue weighted by atomic mass is 9.78. The maximum Gasteiger partial charge on any atom is 0.154 e. The zero-order chi connectivity index (χ0) is 9.03. The van der Waals surface area contributed by atoms with Crippen molar-refractivity contribution in [2.45, 2.75) is 26.2 Å². The summed E-state index contributed by atoms with van der Waals surface area (Å²) in [7, 11) is 0. The van der Waals surface area contributed by atoms with Crippen molar-refractivity contribution in [3.05, 3.63) is 0 Å². The molecule has 3 nitrogen and oxygen atoms in total. The second kappa shape index (κ2) is 3.68. The Morgan fingerprint density at radius 1 is 1.75 bits per heavy atom. The maximum absolute atomic E-state index is 11.5. The molecule has 1 N–H and O–H groups in total. The average molecular weight is 166 g/mol. The first kappa shape index (κ1) is 9.21. The summed E-state index contributed by atoms with van der Waals surface area (Å²) >= 11 is 0. The van der Waals surface area contributed by atoms with Crippen LogP contribution in [0.1, 0.15) is 26.2 Å².